The molecule has 0 aliphatic carbocycles. The summed E-state index contributed by atoms with van der Waals surface area (Å²) in [5.41, 5.74) is 5.29. The molecule has 6 heteroatoms. The van der Waals surface area contributed by atoms with Crippen molar-refractivity contribution in [3.05, 3.63) is 0 Å². The maximum absolute atomic E-state index is 9.95. The molecule has 4 nitrogen and oxygen atoms in total. The maximum atomic E-state index is 9.95. The molecule has 0 aromatic heterocycles. The Morgan fingerprint density at radius 2 is 2.45 bits per heavy atom. The van der Waals surface area contributed by atoms with Gasteiger partial charge in [0.2, 0.25) is 6.08 Å². The van der Waals surface area contributed by atoms with Crippen LogP contribution in [0.15, 0.2) is 4.40 Å². The molecular formula is C5H13N2O2PS. The quantitative estimate of drug-likeness (QED) is 0.400. The minimum absolute atomic E-state index is 0.584. The highest BCUT2D eigenvalue weighted by molar-refractivity contribution is 8.65. The van der Waals surface area contributed by atoms with E-state index >= 15 is 0 Å². The van der Waals surface area contributed by atoms with Crippen molar-refractivity contribution in [3.8, 4) is 0 Å². The van der Waals surface area contributed by atoms with Crippen molar-refractivity contribution < 1.29 is 8.98 Å². The van der Waals surface area contributed by atoms with Crippen LogP contribution in [-0.2, 0) is 8.98 Å². The van der Waals surface area contributed by atoms with Crippen molar-refractivity contribution in [3.63, 3.8) is 0 Å². The molecule has 2 unspecified atom stereocenters. The summed E-state index contributed by atoms with van der Waals surface area (Å²) in [7, 11) is 2.32. The van der Waals surface area contributed by atoms with E-state index in [1.54, 1.807) is 0 Å². The van der Waals surface area contributed by atoms with E-state index in [4.69, 9.17) is 9.92 Å². The lowest BCUT2D eigenvalue weighted by Gasteiger charge is -2.25. The monoisotopic (exact) mass is 196 g/mol. The number of hydrogen-bond donors (Lipinski definition) is 1. The zero-order valence-electron chi connectivity index (χ0n) is 6.45. The van der Waals surface area contributed by atoms with Gasteiger partial charge in [-0.15, -0.1) is 4.40 Å². The zero-order chi connectivity index (χ0) is 8.74. The van der Waals surface area contributed by atoms with Crippen molar-refractivity contribution in [2.75, 3.05) is 19.4 Å². The molecule has 0 radical (unpaired) electrons. The van der Waals surface area contributed by atoms with E-state index in [0.29, 0.717) is 12.3 Å². The standard InChI is InChI=1S/C5H13N2O2PS/c1-9-11(10,7-5-8)4-2-3-6/h2-4,6,10H2,1H3. The Labute approximate surface area is 70.2 Å². The second-order valence-corrected chi connectivity index (χ2v) is 6.40. The lowest BCUT2D eigenvalue weighted by atomic mass is 10.5. The van der Waals surface area contributed by atoms with E-state index in [0.717, 1.165) is 6.42 Å². The van der Waals surface area contributed by atoms with E-state index in [-0.39, 0.29) is 0 Å². The topological polar surface area (TPSA) is 64.7 Å². The highest BCUT2D eigenvalue weighted by Gasteiger charge is 2.14. The summed E-state index contributed by atoms with van der Waals surface area (Å²) >= 11 is 0. The van der Waals surface area contributed by atoms with Gasteiger partial charge in [0.1, 0.15) is 0 Å². The Bertz CT molecular complexity index is 163. The second-order valence-electron chi connectivity index (χ2n) is 1.89. The van der Waals surface area contributed by atoms with Crippen LogP contribution >= 0.6 is 18.6 Å². The number of rotatable bonds is 5. The largest absolute Gasteiger partial charge is 0.330 e. The summed E-state index contributed by atoms with van der Waals surface area (Å²) in [6.07, 6.45) is 2.30. The van der Waals surface area contributed by atoms with Crippen LogP contribution in [0.5, 0.6) is 0 Å². The van der Waals surface area contributed by atoms with Crippen molar-refractivity contribution in [2.24, 2.45) is 10.1 Å². The molecule has 0 fully saturated rings. The summed E-state index contributed by atoms with van der Waals surface area (Å²) in [5, 5.41) is 0. The Balaban J connectivity index is 3.98. The maximum Gasteiger partial charge on any atom is 0.248 e. The first-order chi connectivity index (χ1) is 5.18. The number of nitrogens with zero attached hydrogens (tertiary/aromatic N) is 1. The van der Waals surface area contributed by atoms with Gasteiger partial charge >= 0.3 is 0 Å². The van der Waals surface area contributed by atoms with Crippen molar-refractivity contribution >= 4 is 24.6 Å². The van der Waals surface area contributed by atoms with Gasteiger partial charge < -0.3 is 9.92 Å². The third-order valence-corrected chi connectivity index (χ3v) is 4.56. The molecule has 0 amide bonds. The molecule has 0 heterocycles. The van der Waals surface area contributed by atoms with Crippen molar-refractivity contribution in [2.45, 2.75) is 6.42 Å². The van der Waals surface area contributed by atoms with Crippen LogP contribution in [-0.4, -0.2) is 25.5 Å². The highest BCUT2D eigenvalue weighted by Crippen LogP contribution is 2.57. The number of isocyanates is 1. The van der Waals surface area contributed by atoms with Crippen molar-refractivity contribution in [1.29, 1.82) is 0 Å². The molecule has 0 bridgehead atoms. The van der Waals surface area contributed by atoms with E-state index in [9.17, 15) is 4.79 Å². The molecule has 66 valence electrons. The first kappa shape index (κ1) is 11.1. The van der Waals surface area contributed by atoms with Gasteiger partial charge in [-0.3, -0.25) is 0 Å². The SMILES string of the molecule is COS(P)(CCCN)N=C=O. The van der Waals surface area contributed by atoms with Gasteiger partial charge in [0.05, 0.1) is 7.11 Å². The summed E-state index contributed by atoms with van der Waals surface area (Å²) in [6.45, 7) is 0.584. The molecule has 0 aromatic rings. The summed E-state index contributed by atoms with van der Waals surface area (Å²) in [6, 6.07) is 0. The predicted octanol–water partition coefficient (Wildman–Crippen LogP) is 0.742. The number of nitrogens with two attached hydrogens (primary N) is 1. The van der Waals surface area contributed by atoms with Gasteiger partial charge in [0.25, 0.3) is 0 Å². The third kappa shape index (κ3) is 4.51. The molecule has 0 aliphatic rings. The normalized spacial score (nSPS) is 18.1. The van der Waals surface area contributed by atoms with Crippen LogP contribution in [0.4, 0.5) is 0 Å². The third-order valence-electron chi connectivity index (χ3n) is 1.12. The minimum Gasteiger partial charge on any atom is -0.330 e. The summed E-state index contributed by atoms with van der Waals surface area (Å²) in [5.74, 6) is 0.694. The van der Waals surface area contributed by atoms with Gasteiger partial charge in [-0.2, -0.15) is 0 Å². The summed E-state index contributed by atoms with van der Waals surface area (Å²) in [4.78, 5) is 9.95. The molecule has 11 heavy (non-hydrogen) atoms. The van der Waals surface area contributed by atoms with Crippen LogP contribution in [0.25, 0.3) is 0 Å². The number of hydrogen-bond acceptors (Lipinski definition) is 4. The van der Waals surface area contributed by atoms with E-state index in [1.165, 1.54) is 13.2 Å². The Morgan fingerprint density at radius 1 is 1.82 bits per heavy atom. The highest BCUT2D eigenvalue weighted by atomic mass is 32.8. The van der Waals surface area contributed by atoms with Crippen LogP contribution in [0.1, 0.15) is 6.42 Å². The van der Waals surface area contributed by atoms with Gasteiger partial charge in [-0.05, 0) is 31.5 Å². The minimum atomic E-state index is -1.65. The number of carbonyl (C=O) groups excluding carboxylic acids is 1. The van der Waals surface area contributed by atoms with E-state index < -0.39 is 10.1 Å². The van der Waals surface area contributed by atoms with Crippen molar-refractivity contribution in [1.82, 2.24) is 0 Å². The second kappa shape index (κ2) is 5.70. The summed E-state index contributed by atoms with van der Waals surface area (Å²) < 4.78 is 8.62. The van der Waals surface area contributed by atoms with Gasteiger partial charge in [-0.1, -0.05) is 0 Å². The average molecular weight is 196 g/mol. The molecular weight excluding hydrogens is 183 g/mol. The predicted molar refractivity (Wildman–Crippen MR) is 51.0 cm³/mol. The molecule has 0 aromatic carbocycles. The lowest BCUT2D eigenvalue weighted by molar-refractivity contribution is 0.473. The Hall–Kier alpha value is 0.0800. The fraction of sp³-hybridized carbons (Fsp3) is 0.800. The van der Waals surface area contributed by atoms with Gasteiger partial charge in [0.15, 0.2) is 0 Å². The first-order valence-electron chi connectivity index (χ1n) is 3.12. The van der Waals surface area contributed by atoms with Gasteiger partial charge in [-0.25, -0.2) is 4.79 Å². The fourth-order valence-electron chi connectivity index (χ4n) is 0.519. The Morgan fingerprint density at radius 3 is 2.82 bits per heavy atom. The van der Waals surface area contributed by atoms with Crippen LogP contribution in [0.2, 0.25) is 0 Å². The zero-order valence-corrected chi connectivity index (χ0v) is 8.42. The lowest BCUT2D eigenvalue weighted by Crippen LogP contribution is -2.05. The molecule has 0 spiro atoms. The molecule has 0 rings (SSSR count). The van der Waals surface area contributed by atoms with E-state index in [1.807, 2.05) is 0 Å². The van der Waals surface area contributed by atoms with E-state index in [2.05, 4.69) is 12.8 Å². The molecule has 0 aliphatic heterocycles. The van der Waals surface area contributed by atoms with Crippen LogP contribution in [0, 0.1) is 0 Å². The molecule has 2 N–H and O–H groups in total. The first-order valence-corrected chi connectivity index (χ1v) is 6.28. The average Bonchev–Trinajstić information content (AvgIpc) is 2.02. The molecule has 0 saturated heterocycles. The molecule has 2 atom stereocenters. The van der Waals surface area contributed by atoms with Gasteiger partial charge in [0, 0.05) is 5.75 Å². The van der Waals surface area contributed by atoms with Crippen LogP contribution < -0.4 is 5.73 Å². The van der Waals surface area contributed by atoms with Crippen LogP contribution in [0.3, 0.4) is 0 Å². The molecule has 0 saturated carbocycles. The Kier molecular flexibility index (Phi) is 5.74. The smallest absolute Gasteiger partial charge is 0.248 e. The fourth-order valence-corrected chi connectivity index (χ4v) is 2.19.